The van der Waals surface area contributed by atoms with Gasteiger partial charge in [-0.2, -0.15) is 21.0 Å². The van der Waals surface area contributed by atoms with Crippen LogP contribution in [0.5, 0.6) is 0 Å². The minimum Gasteiger partial charge on any atom is -0.340 e. The molecule has 0 heterocycles. The first-order valence-corrected chi connectivity index (χ1v) is 9.40. The highest BCUT2D eigenvalue weighted by molar-refractivity contribution is 8.19. The molecule has 0 saturated heterocycles. The van der Waals surface area contributed by atoms with E-state index in [1.54, 1.807) is 21.0 Å². The van der Waals surface area contributed by atoms with Crippen molar-refractivity contribution in [3.63, 3.8) is 0 Å². The summed E-state index contributed by atoms with van der Waals surface area (Å²) in [5.41, 5.74) is -4.11. The number of carbonyl (C=O) groups excluding carboxylic acids is 2. The van der Waals surface area contributed by atoms with Crippen LogP contribution >= 0.6 is 23.5 Å². The third kappa shape index (κ3) is 3.60. The summed E-state index contributed by atoms with van der Waals surface area (Å²) >= 11 is 1.45. The molecule has 10 heteroatoms. The molecule has 0 spiro atoms. The lowest BCUT2D eigenvalue weighted by Gasteiger charge is -2.44. The van der Waals surface area contributed by atoms with Gasteiger partial charge in [-0.25, -0.2) is 0 Å². The van der Waals surface area contributed by atoms with Crippen molar-refractivity contribution < 1.29 is 9.59 Å². The maximum Gasteiger partial charge on any atom is 0.285 e. The van der Waals surface area contributed by atoms with Gasteiger partial charge in [-0.1, -0.05) is 24.8 Å². The average Bonchev–Trinajstić information content (AvgIpc) is 2.63. The van der Waals surface area contributed by atoms with Crippen molar-refractivity contribution in [2.24, 2.45) is 16.7 Å². The summed E-state index contributed by atoms with van der Waals surface area (Å²) in [6.45, 7) is 1.55. The minimum atomic E-state index is -2.13. The largest absolute Gasteiger partial charge is 0.340 e. The maximum absolute atomic E-state index is 12.3. The van der Waals surface area contributed by atoms with E-state index in [1.807, 2.05) is 24.3 Å². The molecule has 0 unspecified atom stereocenters. The van der Waals surface area contributed by atoms with Crippen LogP contribution in [0, 0.1) is 62.1 Å². The smallest absolute Gasteiger partial charge is 0.285 e. The molecule has 2 amide bonds. The second-order valence-electron chi connectivity index (χ2n) is 6.34. The Labute approximate surface area is 167 Å². The summed E-state index contributed by atoms with van der Waals surface area (Å²) in [6, 6.07) is 7.37. The van der Waals surface area contributed by atoms with Crippen molar-refractivity contribution in [2.45, 2.75) is 12.2 Å². The molecule has 1 aliphatic carbocycles. The van der Waals surface area contributed by atoms with Gasteiger partial charge in [-0.3, -0.25) is 9.59 Å². The van der Waals surface area contributed by atoms with Gasteiger partial charge in [0.05, 0.1) is 29.5 Å². The minimum absolute atomic E-state index is 0.311. The third-order valence-electron chi connectivity index (χ3n) is 4.23. The number of hydrogen-bond donors (Lipinski definition) is 0. The van der Waals surface area contributed by atoms with Crippen LogP contribution in [0.15, 0.2) is 11.0 Å². The number of rotatable bonds is 2. The first-order valence-electron chi connectivity index (χ1n) is 7.70. The molecule has 0 radical (unpaired) electrons. The van der Waals surface area contributed by atoms with E-state index in [0.29, 0.717) is 16.7 Å². The summed E-state index contributed by atoms with van der Waals surface area (Å²) in [6.07, 6.45) is 1.53. The molecule has 0 saturated carbocycles. The van der Waals surface area contributed by atoms with Crippen LogP contribution in [0.4, 0.5) is 9.59 Å². The molecule has 0 aliphatic heterocycles. The monoisotopic (exact) mass is 402 g/mol. The zero-order chi connectivity index (χ0) is 21.0. The van der Waals surface area contributed by atoms with Crippen molar-refractivity contribution in [2.75, 3.05) is 28.2 Å². The van der Waals surface area contributed by atoms with Crippen molar-refractivity contribution in [1.82, 2.24) is 9.80 Å². The molecule has 0 aromatic heterocycles. The van der Waals surface area contributed by atoms with Crippen molar-refractivity contribution in [3.05, 3.63) is 11.0 Å². The molecule has 0 N–H and O–H groups in total. The Bertz CT molecular complexity index is 809. The van der Waals surface area contributed by atoms with E-state index in [1.165, 1.54) is 30.0 Å². The fourth-order valence-electron chi connectivity index (χ4n) is 2.59. The first kappa shape index (κ1) is 22.4. The van der Waals surface area contributed by atoms with Gasteiger partial charge in [0.2, 0.25) is 0 Å². The van der Waals surface area contributed by atoms with E-state index < -0.39 is 27.2 Å². The lowest BCUT2D eigenvalue weighted by Crippen LogP contribution is -2.53. The predicted molar refractivity (Wildman–Crippen MR) is 102 cm³/mol. The molecule has 2 atom stereocenters. The molecule has 0 aromatic rings. The van der Waals surface area contributed by atoms with Crippen LogP contribution < -0.4 is 0 Å². The Morgan fingerprint density at radius 1 is 0.926 bits per heavy atom. The molecule has 140 valence electrons. The zero-order valence-corrected chi connectivity index (χ0v) is 17.2. The summed E-state index contributed by atoms with van der Waals surface area (Å²) in [5.74, 6) is -0.796. The molecule has 0 fully saturated rings. The van der Waals surface area contributed by atoms with Crippen LogP contribution in [0.25, 0.3) is 0 Å². The third-order valence-corrected chi connectivity index (χ3v) is 6.94. The Hall–Kier alpha value is -2.66. The highest BCUT2D eigenvalue weighted by Gasteiger charge is 2.65. The predicted octanol–water partition coefficient (Wildman–Crippen LogP) is 2.79. The quantitative estimate of drug-likeness (QED) is 0.687. The number of nitriles is 4. The van der Waals surface area contributed by atoms with Gasteiger partial charge >= 0.3 is 0 Å². The van der Waals surface area contributed by atoms with E-state index in [9.17, 15) is 30.6 Å². The Morgan fingerprint density at radius 2 is 1.37 bits per heavy atom. The van der Waals surface area contributed by atoms with Crippen LogP contribution in [-0.4, -0.2) is 53.7 Å². The number of allylic oxidation sites excluding steroid dienone is 1. The van der Waals surface area contributed by atoms with Gasteiger partial charge in [0, 0.05) is 39.0 Å². The van der Waals surface area contributed by atoms with Gasteiger partial charge < -0.3 is 9.80 Å². The van der Waals surface area contributed by atoms with E-state index in [2.05, 4.69) is 0 Å². The maximum atomic E-state index is 12.3. The van der Waals surface area contributed by atoms with E-state index in [-0.39, 0.29) is 5.24 Å². The van der Waals surface area contributed by atoms with Gasteiger partial charge in [0.25, 0.3) is 10.5 Å². The normalized spacial score (nSPS) is 22.0. The van der Waals surface area contributed by atoms with Crippen LogP contribution in [0.2, 0.25) is 0 Å². The molecule has 8 nitrogen and oxygen atoms in total. The van der Waals surface area contributed by atoms with Crippen LogP contribution in [-0.2, 0) is 0 Å². The van der Waals surface area contributed by atoms with Crippen molar-refractivity contribution >= 4 is 34.0 Å². The average molecular weight is 403 g/mol. The SMILES string of the molecule is C[C@@H]1C=C(SC(=O)N(C)C)[C@H](SC(=O)N(C)C)C(C#N)(C#N)C1(C#N)C#N. The molecule has 27 heavy (non-hydrogen) atoms. The molecule has 0 bridgehead atoms. The molecule has 1 aliphatic rings. The second-order valence-corrected chi connectivity index (χ2v) is 8.42. The Balaban J connectivity index is 3.73. The number of amides is 2. The van der Waals surface area contributed by atoms with E-state index in [0.717, 1.165) is 11.8 Å². The van der Waals surface area contributed by atoms with Gasteiger partial charge in [0.1, 0.15) is 0 Å². The standard InChI is InChI=1S/C17H18N6O2S2/c1-11-6-12(26-14(24)22(2)3)13(27-15(25)23(4)5)17(9-20,10-21)16(11,7-18)8-19/h6,11,13H,1-5H3/t11-,13+/m1/s1. The first-order chi connectivity index (χ1) is 12.6. The van der Waals surface area contributed by atoms with Gasteiger partial charge in [-0.05, 0) is 11.8 Å². The van der Waals surface area contributed by atoms with Crippen LogP contribution in [0.1, 0.15) is 6.92 Å². The lowest BCUT2D eigenvalue weighted by molar-refractivity contribution is 0.226. The molecular formula is C17H18N6O2S2. The summed E-state index contributed by atoms with van der Waals surface area (Å²) in [5, 5.41) is 37.3. The van der Waals surface area contributed by atoms with E-state index in [4.69, 9.17) is 0 Å². The molecule has 0 aromatic carbocycles. The van der Waals surface area contributed by atoms with E-state index >= 15 is 0 Å². The highest BCUT2D eigenvalue weighted by Crippen LogP contribution is 2.58. The van der Waals surface area contributed by atoms with Crippen molar-refractivity contribution in [3.8, 4) is 24.3 Å². The number of nitrogens with zero attached hydrogens (tertiary/aromatic N) is 6. The summed E-state index contributed by atoms with van der Waals surface area (Å²) in [7, 11) is 6.10. The van der Waals surface area contributed by atoms with Gasteiger partial charge in [-0.15, -0.1) is 0 Å². The lowest BCUT2D eigenvalue weighted by atomic mass is 9.56. The number of thioether (sulfide) groups is 2. The molecule has 1 rings (SSSR count). The Morgan fingerprint density at radius 3 is 1.74 bits per heavy atom. The second kappa shape index (κ2) is 8.35. The topological polar surface area (TPSA) is 136 Å². The Kier molecular flexibility index (Phi) is 6.93. The summed E-state index contributed by atoms with van der Waals surface area (Å²) < 4.78 is 0. The number of carbonyl (C=O) groups is 2. The molecular weight excluding hydrogens is 384 g/mol. The summed E-state index contributed by atoms with van der Waals surface area (Å²) in [4.78, 5) is 27.5. The van der Waals surface area contributed by atoms with Crippen LogP contribution in [0.3, 0.4) is 0 Å². The fraction of sp³-hybridized carbons (Fsp3) is 0.529. The number of hydrogen-bond acceptors (Lipinski definition) is 8. The highest BCUT2D eigenvalue weighted by atomic mass is 32.2. The van der Waals surface area contributed by atoms with Crippen molar-refractivity contribution in [1.29, 1.82) is 21.0 Å². The fourth-order valence-corrected chi connectivity index (χ4v) is 4.90. The van der Waals surface area contributed by atoms with Gasteiger partial charge in [0.15, 0.2) is 10.8 Å². The zero-order valence-electron chi connectivity index (χ0n) is 15.5.